The molecule has 0 amide bonds. The van der Waals surface area contributed by atoms with E-state index in [-0.39, 0.29) is 34.3 Å². The lowest BCUT2D eigenvalue weighted by atomic mass is 10.2. The summed E-state index contributed by atoms with van der Waals surface area (Å²) in [5, 5.41) is 9.17. The molecule has 1 N–H and O–H groups in total. The molecular weight excluding hydrogens is 300 g/mol. The van der Waals surface area contributed by atoms with Crippen LogP contribution in [0, 0.1) is 0 Å². The molecule has 0 heterocycles. The van der Waals surface area contributed by atoms with E-state index in [0.717, 1.165) is 6.07 Å². The molecule has 0 aliphatic carbocycles. The first-order valence-corrected chi connectivity index (χ1v) is 7.82. The van der Waals surface area contributed by atoms with Crippen molar-refractivity contribution in [1.82, 2.24) is 0 Å². The van der Waals surface area contributed by atoms with Crippen molar-refractivity contribution in [3.05, 3.63) is 17.7 Å². The number of sulfone groups is 1. The zero-order chi connectivity index (χ0) is 16.0. The van der Waals surface area contributed by atoms with Gasteiger partial charge >= 0.3 is 5.97 Å². The Hall–Kier alpha value is -1.80. The lowest BCUT2D eigenvalue weighted by molar-refractivity contribution is 0.0692. The standard InChI is InChI=1S/C13H18O7S/c1-4-20-5-6-21(16,17)9-7-10(13(14)15)12(19-3)11(8-9)18-2/h7-8H,4-6H2,1-3H3,(H,14,15). The fraction of sp³-hybridized carbons (Fsp3) is 0.462. The highest BCUT2D eigenvalue weighted by Gasteiger charge is 2.23. The highest BCUT2D eigenvalue weighted by Crippen LogP contribution is 2.34. The van der Waals surface area contributed by atoms with Crippen molar-refractivity contribution in [2.45, 2.75) is 11.8 Å². The van der Waals surface area contributed by atoms with Gasteiger partial charge < -0.3 is 19.3 Å². The van der Waals surface area contributed by atoms with Crippen LogP contribution in [0.3, 0.4) is 0 Å². The van der Waals surface area contributed by atoms with Crippen LogP contribution in [-0.2, 0) is 14.6 Å². The van der Waals surface area contributed by atoms with Gasteiger partial charge in [-0.2, -0.15) is 0 Å². The normalized spacial score (nSPS) is 11.2. The first kappa shape index (κ1) is 17.3. The highest BCUT2D eigenvalue weighted by molar-refractivity contribution is 7.91. The number of hydrogen-bond donors (Lipinski definition) is 1. The van der Waals surface area contributed by atoms with E-state index in [4.69, 9.17) is 19.3 Å². The van der Waals surface area contributed by atoms with Gasteiger partial charge in [-0.3, -0.25) is 0 Å². The van der Waals surface area contributed by atoms with Gasteiger partial charge in [0.25, 0.3) is 0 Å². The first-order chi connectivity index (χ1) is 9.87. The smallest absolute Gasteiger partial charge is 0.339 e. The third kappa shape index (κ3) is 4.08. The zero-order valence-corrected chi connectivity index (χ0v) is 12.9. The molecule has 0 aromatic heterocycles. The van der Waals surface area contributed by atoms with Crippen LogP contribution in [0.15, 0.2) is 17.0 Å². The summed E-state index contributed by atoms with van der Waals surface area (Å²) >= 11 is 0. The van der Waals surface area contributed by atoms with Crippen LogP contribution < -0.4 is 9.47 Å². The molecule has 8 heteroatoms. The van der Waals surface area contributed by atoms with Crippen molar-refractivity contribution >= 4 is 15.8 Å². The van der Waals surface area contributed by atoms with Crippen molar-refractivity contribution in [2.75, 3.05) is 33.2 Å². The fourth-order valence-corrected chi connectivity index (χ4v) is 2.87. The molecule has 118 valence electrons. The van der Waals surface area contributed by atoms with E-state index < -0.39 is 15.8 Å². The molecule has 0 fully saturated rings. The maximum Gasteiger partial charge on any atom is 0.339 e. The van der Waals surface area contributed by atoms with Crippen molar-refractivity contribution < 1.29 is 32.5 Å². The third-order valence-electron chi connectivity index (χ3n) is 2.74. The van der Waals surface area contributed by atoms with Crippen LogP contribution in [-0.4, -0.2) is 52.7 Å². The Morgan fingerprint density at radius 1 is 1.24 bits per heavy atom. The molecular formula is C13H18O7S. The van der Waals surface area contributed by atoms with Gasteiger partial charge in [0.2, 0.25) is 0 Å². The van der Waals surface area contributed by atoms with Crippen LogP contribution in [0.5, 0.6) is 11.5 Å². The largest absolute Gasteiger partial charge is 0.493 e. The summed E-state index contributed by atoms with van der Waals surface area (Å²) in [6.07, 6.45) is 0. The van der Waals surface area contributed by atoms with E-state index in [1.165, 1.54) is 20.3 Å². The van der Waals surface area contributed by atoms with Gasteiger partial charge in [-0.15, -0.1) is 0 Å². The van der Waals surface area contributed by atoms with Crippen LogP contribution in [0.4, 0.5) is 0 Å². The molecule has 0 aliphatic heterocycles. The second kappa shape index (κ2) is 7.28. The van der Waals surface area contributed by atoms with Crippen LogP contribution in [0.1, 0.15) is 17.3 Å². The van der Waals surface area contributed by atoms with Crippen LogP contribution in [0.2, 0.25) is 0 Å². The minimum Gasteiger partial charge on any atom is -0.493 e. The summed E-state index contributed by atoms with van der Waals surface area (Å²) in [7, 11) is -1.08. The molecule has 0 saturated carbocycles. The van der Waals surface area contributed by atoms with Crippen molar-refractivity contribution in [3.8, 4) is 11.5 Å². The summed E-state index contributed by atoms with van der Waals surface area (Å²) in [6, 6.07) is 2.30. The summed E-state index contributed by atoms with van der Waals surface area (Å²) < 4.78 is 39.4. The van der Waals surface area contributed by atoms with E-state index in [1.54, 1.807) is 6.92 Å². The monoisotopic (exact) mass is 318 g/mol. The predicted octanol–water partition coefficient (Wildman–Crippen LogP) is 1.21. The molecule has 7 nitrogen and oxygen atoms in total. The Bertz CT molecular complexity index is 607. The summed E-state index contributed by atoms with van der Waals surface area (Å²) in [6.45, 7) is 2.20. The fourth-order valence-electron chi connectivity index (χ4n) is 1.71. The number of rotatable bonds is 8. The summed E-state index contributed by atoms with van der Waals surface area (Å²) in [4.78, 5) is 11.1. The molecule has 0 radical (unpaired) electrons. The number of methoxy groups -OCH3 is 2. The minimum atomic E-state index is -3.67. The molecule has 0 spiro atoms. The Kier molecular flexibility index (Phi) is 5.98. The number of carbonyl (C=O) groups is 1. The van der Waals surface area contributed by atoms with Gasteiger partial charge in [0.15, 0.2) is 21.3 Å². The van der Waals surface area contributed by atoms with Gasteiger partial charge in [0.05, 0.1) is 31.5 Å². The maximum atomic E-state index is 12.2. The third-order valence-corrected chi connectivity index (χ3v) is 4.40. The molecule has 0 aliphatic rings. The maximum absolute atomic E-state index is 12.2. The molecule has 21 heavy (non-hydrogen) atoms. The molecule has 0 atom stereocenters. The lowest BCUT2D eigenvalue weighted by Gasteiger charge is -2.13. The molecule has 1 rings (SSSR count). The van der Waals surface area contributed by atoms with Gasteiger partial charge in [-0.05, 0) is 13.0 Å². The van der Waals surface area contributed by atoms with Crippen LogP contribution >= 0.6 is 0 Å². The number of carboxylic acid groups (broad SMARTS) is 1. The number of carboxylic acids is 1. The Balaban J connectivity index is 3.31. The summed E-state index contributed by atoms with van der Waals surface area (Å²) in [5.41, 5.74) is -0.271. The van der Waals surface area contributed by atoms with Crippen LogP contribution in [0.25, 0.3) is 0 Å². The number of hydrogen-bond acceptors (Lipinski definition) is 6. The highest BCUT2D eigenvalue weighted by atomic mass is 32.2. The van der Waals surface area contributed by atoms with E-state index >= 15 is 0 Å². The summed E-state index contributed by atoms with van der Waals surface area (Å²) in [5.74, 6) is -1.51. The van der Waals surface area contributed by atoms with Crippen molar-refractivity contribution in [1.29, 1.82) is 0 Å². The minimum absolute atomic E-state index is 0.0197. The van der Waals surface area contributed by atoms with Gasteiger partial charge in [-0.25, -0.2) is 13.2 Å². The van der Waals surface area contributed by atoms with Gasteiger partial charge in [-0.1, -0.05) is 0 Å². The zero-order valence-electron chi connectivity index (χ0n) is 12.1. The quantitative estimate of drug-likeness (QED) is 0.719. The number of benzene rings is 1. The predicted molar refractivity (Wildman–Crippen MR) is 75.1 cm³/mol. The second-order valence-electron chi connectivity index (χ2n) is 4.03. The topological polar surface area (TPSA) is 99.1 Å². The molecule has 0 bridgehead atoms. The molecule has 1 aromatic carbocycles. The number of aromatic carboxylic acids is 1. The Labute approximate surface area is 123 Å². The SMILES string of the molecule is CCOCCS(=O)(=O)c1cc(OC)c(OC)c(C(=O)O)c1. The average Bonchev–Trinajstić information content (AvgIpc) is 2.45. The van der Waals surface area contributed by atoms with E-state index in [0.29, 0.717) is 6.61 Å². The number of ether oxygens (including phenoxy) is 3. The van der Waals surface area contributed by atoms with Gasteiger partial charge in [0, 0.05) is 12.7 Å². The Morgan fingerprint density at radius 3 is 2.38 bits per heavy atom. The molecule has 1 aromatic rings. The lowest BCUT2D eigenvalue weighted by Crippen LogP contribution is -2.14. The molecule has 0 unspecified atom stereocenters. The first-order valence-electron chi connectivity index (χ1n) is 6.17. The van der Waals surface area contributed by atoms with E-state index in [9.17, 15) is 13.2 Å². The van der Waals surface area contributed by atoms with Crippen molar-refractivity contribution in [3.63, 3.8) is 0 Å². The van der Waals surface area contributed by atoms with Crippen molar-refractivity contribution in [2.24, 2.45) is 0 Å². The molecule has 0 saturated heterocycles. The Morgan fingerprint density at radius 2 is 1.90 bits per heavy atom. The van der Waals surface area contributed by atoms with Gasteiger partial charge in [0.1, 0.15) is 5.56 Å². The second-order valence-corrected chi connectivity index (χ2v) is 6.14. The van der Waals surface area contributed by atoms with E-state index in [2.05, 4.69) is 0 Å². The average molecular weight is 318 g/mol. The van der Waals surface area contributed by atoms with E-state index in [1.807, 2.05) is 0 Å².